The van der Waals surface area contributed by atoms with Crippen LogP contribution in [0.3, 0.4) is 0 Å². The number of rotatable bonds is 2. The summed E-state index contributed by atoms with van der Waals surface area (Å²) < 4.78 is 5.03. The standard InChI is InChI=1S/C10H17NO2/c1-2-13-10(12)9-8-5-3-4-7(8)6-11-9/h7-9,11H,2-6H2,1H3/t7-,8-,9-/m1/s1. The zero-order chi connectivity index (χ0) is 9.26. The predicted molar refractivity (Wildman–Crippen MR) is 49.3 cm³/mol. The molecule has 2 aliphatic rings. The van der Waals surface area contributed by atoms with Gasteiger partial charge in [0.05, 0.1) is 6.61 Å². The Balaban J connectivity index is 1.96. The van der Waals surface area contributed by atoms with E-state index in [1.54, 1.807) is 0 Å². The number of hydrogen-bond donors (Lipinski definition) is 1. The molecule has 1 N–H and O–H groups in total. The van der Waals surface area contributed by atoms with E-state index in [9.17, 15) is 4.79 Å². The molecule has 1 saturated heterocycles. The van der Waals surface area contributed by atoms with Gasteiger partial charge >= 0.3 is 5.97 Å². The van der Waals surface area contributed by atoms with Crippen molar-refractivity contribution in [3.05, 3.63) is 0 Å². The van der Waals surface area contributed by atoms with Gasteiger partial charge in [-0.05, 0) is 38.1 Å². The number of ether oxygens (including phenoxy) is 1. The Kier molecular flexibility index (Phi) is 2.54. The van der Waals surface area contributed by atoms with E-state index in [1.165, 1.54) is 19.3 Å². The fourth-order valence-corrected chi connectivity index (χ4v) is 2.68. The van der Waals surface area contributed by atoms with Gasteiger partial charge in [-0.2, -0.15) is 0 Å². The van der Waals surface area contributed by atoms with Gasteiger partial charge in [0.1, 0.15) is 6.04 Å². The lowest BCUT2D eigenvalue weighted by molar-refractivity contribution is -0.146. The first-order chi connectivity index (χ1) is 6.33. The zero-order valence-electron chi connectivity index (χ0n) is 8.08. The van der Waals surface area contributed by atoms with E-state index in [0.29, 0.717) is 12.5 Å². The Bertz CT molecular complexity index is 205. The van der Waals surface area contributed by atoms with Crippen LogP contribution in [0.15, 0.2) is 0 Å². The number of carbonyl (C=O) groups excluding carboxylic acids is 1. The van der Waals surface area contributed by atoms with Gasteiger partial charge in [-0.15, -0.1) is 0 Å². The van der Waals surface area contributed by atoms with Crippen molar-refractivity contribution in [2.75, 3.05) is 13.2 Å². The van der Waals surface area contributed by atoms with Crippen molar-refractivity contribution < 1.29 is 9.53 Å². The van der Waals surface area contributed by atoms with Crippen LogP contribution >= 0.6 is 0 Å². The molecule has 2 fully saturated rings. The van der Waals surface area contributed by atoms with Crippen LogP contribution in [0.2, 0.25) is 0 Å². The second-order valence-corrected chi connectivity index (χ2v) is 3.99. The largest absolute Gasteiger partial charge is 0.465 e. The van der Waals surface area contributed by atoms with Gasteiger partial charge in [0.25, 0.3) is 0 Å². The summed E-state index contributed by atoms with van der Waals surface area (Å²) in [6.07, 6.45) is 3.77. The molecule has 1 saturated carbocycles. The minimum absolute atomic E-state index is 0.00699. The third-order valence-corrected chi connectivity index (χ3v) is 3.29. The summed E-state index contributed by atoms with van der Waals surface area (Å²) in [6, 6.07) is -0.00699. The average Bonchev–Trinajstić information content (AvgIpc) is 2.62. The molecule has 0 bridgehead atoms. The summed E-state index contributed by atoms with van der Waals surface area (Å²) in [7, 11) is 0. The van der Waals surface area contributed by atoms with Gasteiger partial charge in [0, 0.05) is 0 Å². The molecular weight excluding hydrogens is 166 g/mol. The topological polar surface area (TPSA) is 38.3 Å². The predicted octanol–water partition coefficient (Wildman–Crippen LogP) is 0.938. The van der Waals surface area contributed by atoms with Gasteiger partial charge in [-0.1, -0.05) is 6.42 Å². The maximum absolute atomic E-state index is 11.5. The Hall–Kier alpha value is -0.570. The first-order valence-electron chi connectivity index (χ1n) is 5.23. The van der Waals surface area contributed by atoms with Crippen LogP contribution in [0, 0.1) is 11.8 Å². The Labute approximate surface area is 78.8 Å². The van der Waals surface area contributed by atoms with E-state index in [0.717, 1.165) is 12.5 Å². The molecular formula is C10H17NO2. The highest BCUT2D eigenvalue weighted by atomic mass is 16.5. The van der Waals surface area contributed by atoms with Crippen LogP contribution in [0.25, 0.3) is 0 Å². The third kappa shape index (κ3) is 1.57. The second-order valence-electron chi connectivity index (χ2n) is 3.99. The molecule has 0 aromatic carbocycles. The van der Waals surface area contributed by atoms with Crippen LogP contribution < -0.4 is 5.32 Å². The van der Waals surface area contributed by atoms with Gasteiger partial charge in [0.2, 0.25) is 0 Å². The average molecular weight is 183 g/mol. The minimum atomic E-state index is -0.0445. The lowest BCUT2D eigenvalue weighted by Gasteiger charge is -2.15. The molecule has 3 heteroatoms. The molecule has 74 valence electrons. The monoisotopic (exact) mass is 183 g/mol. The molecule has 1 aliphatic heterocycles. The van der Waals surface area contributed by atoms with Crippen molar-refractivity contribution in [1.29, 1.82) is 0 Å². The van der Waals surface area contributed by atoms with Gasteiger partial charge < -0.3 is 10.1 Å². The van der Waals surface area contributed by atoms with E-state index in [-0.39, 0.29) is 12.0 Å². The van der Waals surface area contributed by atoms with E-state index in [1.807, 2.05) is 6.92 Å². The molecule has 0 unspecified atom stereocenters. The quantitative estimate of drug-likeness (QED) is 0.647. The molecule has 1 heterocycles. The summed E-state index contributed by atoms with van der Waals surface area (Å²) >= 11 is 0. The van der Waals surface area contributed by atoms with Crippen LogP contribution in [0.1, 0.15) is 26.2 Å². The number of fused-ring (bicyclic) bond motifs is 1. The summed E-state index contributed by atoms with van der Waals surface area (Å²) in [4.78, 5) is 11.5. The van der Waals surface area contributed by atoms with Crippen LogP contribution in [0.5, 0.6) is 0 Å². The molecule has 0 spiro atoms. The fraction of sp³-hybridized carbons (Fsp3) is 0.900. The molecule has 13 heavy (non-hydrogen) atoms. The van der Waals surface area contributed by atoms with Gasteiger partial charge in [0.15, 0.2) is 0 Å². The molecule has 3 atom stereocenters. The highest BCUT2D eigenvalue weighted by Gasteiger charge is 2.42. The first kappa shape index (κ1) is 9.00. The van der Waals surface area contributed by atoms with E-state index in [4.69, 9.17) is 4.74 Å². The Morgan fingerprint density at radius 1 is 1.54 bits per heavy atom. The summed E-state index contributed by atoms with van der Waals surface area (Å²) in [5.74, 6) is 1.24. The zero-order valence-corrected chi connectivity index (χ0v) is 8.08. The minimum Gasteiger partial charge on any atom is -0.465 e. The van der Waals surface area contributed by atoms with Crippen LogP contribution in [-0.4, -0.2) is 25.2 Å². The SMILES string of the molecule is CCOC(=O)[C@@H]1NC[C@H]2CCC[C@H]21. The normalized spacial score (nSPS) is 37.5. The molecule has 0 amide bonds. The van der Waals surface area contributed by atoms with Gasteiger partial charge in [-0.3, -0.25) is 4.79 Å². The van der Waals surface area contributed by atoms with Crippen molar-refractivity contribution in [2.24, 2.45) is 11.8 Å². The van der Waals surface area contributed by atoms with Crippen molar-refractivity contribution in [3.63, 3.8) is 0 Å². The van der Waals surface area contributed by atoms with Gasteiger partial charge in [-0.25, -0.2) is 0 Å². The van der Waals surface area contributed by atoms with Crippen LogP contribution in [-0.2, 0) is 9.53 Å². The molecule has 2 rings (SSSR count). The third-order valence-electron chi connectivity index (χ3n) is 3.29. The van der Waals surface area contributed by atoms with Crippen molar-refractivity contribution in [3.8, 4) is 0 Å². The fourth-order valence-electron chi connectivity index (χ4n) is 2.68. The highest BCUT2D eigenvalue weighted by Crippen LogP contribution is 2.37. The first-order valence-corrected chi connectivity index (χ1v) is 5.23. The highest BCUT2D eigenvalue weighted by molar-refractivity contribution is 5.76. The molecule has 0 aromatic heterocycles. The number of nitrogens with one attached hydrogen (secondary N) is 1. The smallest absolute Gasteiger partial charge is 0.323 e. The van der Waals surface area contributed by atoms with Crippen molar-refractivity contribution >= 4 is 5.97 Å². The molecule has 0 aromatic rings. The Morgan fingerprint density at radius 3 is 3.15 bits per heavy atom. The van der Waals surface area contributed by atoms with E-state index < -0.39 is 0 Å². The van der Waals surface area contributed by atoms with Crippen molar-refractivity contribution in [2.45, 2.75) is 32.2 Å². The Morgan fingerprint density at radius 2 is 2.38 bits per heavy atom. The number of hydrogen-bond acceptors (Lipinski definition) is 3. The van der Waals surface area contributed by atoms with E-state index in [2.05, 4.69) is 5.32 Å². The summed E-state index contributed by atoms with van der Waals surface area (Å²) in [6.45, 7) is 3.36. The summed E-state index contributed by atoms with van der Waals surface area (Å²) in [5.41, 5.74) is 0. The maximum Gasteiger partial charge on any atom is 0.323 e. The lowest BCUT2D eigenvalue weighted by atomic mass is 9.94. The van der Waals surface area contributed by atoms with E-state index >= 15 is 0 Å². The second kappa shape index (κ2) is 3.66. The number of carbonyl (C=O) groups is 1. The lowest BCUT2D eigenvalue weighted by Crippen LogP contribution is -2.37. The molecule has 0 radical (unpaired) electrons. The number of esters is 1. The summed E-state index contributed by atoms with van der Waals surface area (Å²) in [5, 5.41) is 3.27. The van der Waals surface area contributed by atoms with Crippen LogP contribution in [0.4, 0.5) is 0 Å². The molecule has 1 aliphatic carbocycles. The molecule has 3 nitrogen and oxygen atoms in total. The van der Waals surface area contributed by atoms with Crippen molar-refractivity contribution in [1.82, 2.24) is 5.32 Å². The maximum atomic E-state index is 11.5.